The van der Waals surface area contributed by atoms with Gasteiger partial charge in [-0.05, 0) is 117 Å². The first kappa shape index (κ1) is 39.2. The minimum Gasteiger partial charge on any atom is -0.330 e. The van der Waals surface area contributed by atoms with E-state index in [-0.39, 0.29) is 5.82 Å². The Morgan fingerprint density at radius 1 is 0.444 bits per heavy atom. The van der Waals surface area contributed by atoms with Gasteiger partial charge in [-0.15, -0.1) is 0 Å². The number of alkyl halides is 3. The third-order valence-corrected chi connectivity index (χ3v) is 5.86. The van der Waals surface area contributed by atoms with Crippen LogP contribution in [0.25, 0.3) is 0 Å². The summed E-state index contributed by atoms with van der Waals surface area (Å²) in [6.45, 7) is 1.81. The molecule has 0 unspecified atom stereocenters. The maximum Gasteiger partial charge on any atom is 0.416 e. The Kier molecular flexibility index (Phi) is 18.3. The van der Waals surface area contributed by atoms with Crippen LogP contribution in [-0.2, 0) is 31.9 Å². The first-order valence-electron chi connectivity index (χ1n) is 13.9. The molecule has 0 radical (unpaired) electrons. The summed E-state index contributed by atoms with van der Waals surface area (Å²) in [7, 11) is 0. The minimum atomic E-state index is -4.25. The topological polar surface area (TPSA) is 104 Å². The minimum absolute atomic E-state index is 0.159. The van der Waals surface area contributed by atoms with Gasteiger partial charge in [0.1, 0.15) is 17.5 Å². The molecule has 0 spiro atoms. The average molecular weight is 643 g/mol. The summed E-state index contributed by atoms with van der Waals surface area (Å²) < 4.78 is 98.7. The predicted octanol–water partition coefficient (Wildman–Crippen LogP) is 6.47. The lowest BCUT2D eigenvalue weighted by atomic mass is 10.1. The highest BCUT2D eigenvalue weighted by atomic mass is 19.4. The van der Waals surface area contributed by atoms with Gasteiger partial charge in [0.25, 0.3) is 0 Å². The van der Waals surface area contributed by atoms with Crippen molar-refractivity contribution in [1.29, 1.82) is 0 Å². The van der Waals surface area contributed by atoms with Gasteiger partial charge in [-0.1, -0.05) is 36.4 Å². The van der Waals surface area contributed by atoms with Gasteiger partial charge in [-0.25, -0.2) is 22.0 Å². The SMILES string of the molecule is NCCc1cc(F)cc(F)c1.NCCc1ccc(C(F)(F)F)cc1.NCCc1ccc(F)c(F)c1.NCCc1ccccc1F. The Morgan fingerprint density at radius 2 is 0.933 bits per heavy atom. The fourth-order valence-corrected chi connectivity index (χ4v) is 3.67. The number of hydrogen-bond acceptors (Lipinski definition) is 4. The van der Waals surface area contributed by atoms with E-state index < -0.39 is 35.0 Å². The Bertz CT molecular complexity index is 1380. The lowest BCUT2D eigenvalue weighted by Crippen LogP contribution is -2.06. The third-order valence-electron chi connectivity index (χ3n) is 5.86. The second kappa shape index (κ2) is 21.0. The lowest BCUT2D eigenvalue weighted by molar-refractivity contribution is -0.137. The number of benzene rings is 4. The van der Waals surface area contributed by atoms with Crippen molar-refractivity contribution in [1.82, 2.24) is 0 Å². The standard InChI is InChI=1S/C9H10F3N.2C8H9F2N.C8H10FN/c10-9(11,12)8-3-1-7(2-4-8)5-6-13;9-7-3-6(1-2-11)4-8(10)5-7;9-7-2-1-6(3-4-11)5-8(7)10;9-8-4-2-1-3-7(8)5-6-10/h1-4H,5-6,13H2;3-5H,1-2,11H2;1-2,5H,3-4,11H2;1-4H,5-6,10H2. The summed E-state index contributed by atoms with van der Waals surface area (Å²) >= 11 is 0. The van der Waals surface area contributed by atoms with Gasteiger partial charge >= 0.3 is 6.18 Å². The van der Waals surface area contributed by atoms with Crippen LogP contribution in [-0.4, -0.2) is 26.2 Å². The molecule has 0 atom stereocenters. The molecule has 0 saturated heterocycles. The Balaban J connectivity index is 0.000000301. The highest BCUT2D eigenvalue weighted by Crippen LogP contribution is 2.29. The van der Waals surface area contributed by atoms with Crippen LogP contribution < -0.4 is 22.9 Å². The zero-order valence-electron chi connectivity index (χ0n) is 24.6. The summed E-state index contributed by atoms with van der Waals surface area (Å²) in [6.07, 6.45) is -1.93. The molecule has 246 valence electrons. The van der Waals surface area contributed by atoms with Crippen LogP contribution >= 0.6 is 0 Å². The maximum atomic E-state index is 12.7. The molecule has 0 aliphatic heterocycles. The monoisotopic (exact) mass is 642 g/mol. The van der Waals surface area contributed by atoms with Gasteiger partial charge in [0.2, 0.25) is 0 Å². The van der Waals surface area contributed by atoms with E-state index in [0.717, 1.165) is 35.4 Å². The summed E-state index contributed by atoms with van der Waals surface area (Å²) in [5.41, 5.74) is 23.2. The van der Waals surface area contributed by atoms with Crippen molar-refractivity contribution in [2.45, 2.75) is 31.9 Å². The van der Waals surface area contributed by atoms with Crippen molar-refractivity contribution in [2.24, 2.45) is 22.9 Å². The van der Waals surface area contributed by atoms with Crippen molar-refractivity contribution in [3.63, 3.8) is 0 Å². The van der Waals surface area contributed by atoms with Gasteiger partial charge in [0.05, 0.1) is 5.56 Å². The molecule has 4 aromatic rings. The van der Waals surface area contributed by atoms with E-state index in [1.165, 1.54) is 42.5 Å². The van der Waals surface area contributed by atoms with Crippen LogP contribution in [0.3, 0.4) is 0 Å². The Hall–Kier alpha value is -3.84. The van der Waals surface area contributed by atoms with Crippen molar-refractivity contribution >= 4 is 0 Å². The highest BCUT2D eigenvalue weighted by molar-refractivity contribution is 5.25. The van der Waals surface area contributed by atoms with E-state index in [9.17, 15) is 35.1 Å². The van der Waals surface area contributed by atoms with Crippen molar-refractivity contribution in [3.05, 3.63) is 142 Å². The molecule has 0 saturated carbocycles. The molecule has 0 heterocycles. The number of rotatable bonds is 8. The molecule has 45 heavy (non-hydrogen) atoms. The van der Waals surface area contributed by atoms with Gasteiger partial charge in [-0.3, -0.25) is 0 Å². The molecule has 0 aromatic heterocycles. The summed E-state index contributed by atoms with van der Waals surface area (Å²) in [4.78, 5) is 0. The van der Waals surface area contributed by atoms with E-state index in [4.69, 9.17) is 22.9 Å². The predicted molar refractivity (Wildman–Crippen MR) is 162 cm³/mol. The van der Waals surface area contributed by atoms with Gasteiger partial charge < -0.3 is 22.9 Å². The van der Waals surface area contributed by atoms with Crippen molar-refractivity contribution in [3.8, 4) is 0 Å². The third kappa shape index (κ3) is 16.2. The van der Waals surface area contributed by atoms with Crippen LogP contribution in [0.1, 0.15) is 27.8 Å². The first-order valence-corrected chi connectivity index (χ1v) is 13.9. The first-order chi connectivity index (χ1) is 21.3. The van der Waals surface area contributed by atoms with Gasteiger partial charge in [0.15, 0.2) is 11.6 Å². The summed E-state index contributed by atoms with van der Waals surface area (Å²) in [5.74, 6) is -2.88. The zero-order chi connectivity index (χ0) is 33.8. The molecule has 12 heteroatoms. The molecule has 0 aliphatic carbocycles. The number of nitrogens with two attached hydrogens (primary N) is 4. The van der Waals surface area contributed by atoms with Crippen molar-refractivity contribution in [2.75, 3.05) is 26.2 Å². The van der Waals surface area contributed by atoms with E-state index in [2.05, 4.69) is 0 Å². The van der Waals surface area contributed by atoms with Crippen molar-refractivity contribution < 1.29 is 35.1 Å². The van der Waals surface area contributed by atoms with E-state index in [1.807, 2.05) is 6.07 Å². The van der Waals surface area contributed by atoms with E-state index in [0.29, 0.717) is 63.0 Å². The van der Waals surface area contributed by atoms with Crippen LogP contribution in [0.2, 0.25) is 0 Å². The quantitative estimate of drug-likeness (QED) is 0.166. The second-order valence-corrected chi connectivity index (χ2v) is 9.47. The van der Waals surface area contributed by atoms with Crippen LogP contribution in [0.4, 0.5) is 35.1 Å². The highest BCUT2D eigenvalue weighted by Gasteiger charge is 2.29. The van der Waals surface area contributed by atoms with Crippen LogP contribution in [0.5, 0.6) is 0 Å². The largest absolute Gasteiger partial charge is 0.416 e. The van der Waals surface area contributed by atoms with E-state index >= 15 is 0 Å². The fourth-order valence-electron chi connectivity index (χ4n) is 3.67. The number of halogens is 8. The van der Waals surface area contributed by atoms with Crippen LogP contribution in [0.15, 0.2) is 84.9 Å². The van der Waals surface area contributed by atoms with Gasteiger partial charge in [-0.2, -0.15) is 13.2 Å². The average Bonchev–Trinajstić information content (AvgIpc) is 2.97. The Labute approximate surface area is 258 Å². The zero-order valence-corrected chi connectivity index (χ0v) is 24.6. The number of hydrogen-bond donors (Lipinski definition) is 4. The summed E-state index contributed by atoms with van der Waals surface area (Å²) in [6, 6.07) is 19.0. The molecule has 0 amide bonds. The molecule has 0 fully saturated rings. The Morgan fingerprint density at radius 3 is 1.42 bits per heavy atom. The molecule has 0 aliphatic rings. The molecular weight excluding hydrogens is 604 g/mol. The smallest absolute Gasteiger partial charge is 0.330 e. The molecule has 0 bridgehead atoms. The van der Waals surface area contributed by atoms with Gasteiger partial charge in [0, 0.05) is 6.07 Å². The molecule has 4 nitrogen and oxygen atoms in total. The molecular formula is C33H38F8N4. The molecule has 8 N–H and O–H groups in total. The fraction of sp³-hybridized carbons (Fsp3) is 0.273. The second-order valence-electron chi connectivity index (χ2n) is 9.47. The maximum absolute atomic E-state index is 12.7. The van der Waals surface area contributed by atoms with Crippen LogP contribution in [0, 0.1) is 29.1 Å². The summed E-state index contributed by atoms with van der Waals surface area (Å²) in [5, 5.41) is 0. The lowest BCUT2D eigenvalue weighted by Gasteiger charge is -2.06. The van der Waals surface area contributed by atoms with E-state index in [1.54, 1.807) is 12.1 Å². The normalized spacial score (nSPS) is 10.5. The molecule has 4 aromatic carbocycles. The molecule has 4 rings (SSSR count).